The molecule has 1 rings (SSSR count). The lowest BCUT2D eigenvalue weighted by Gasteiger charge is -2.20. The van der Waals surface area contributed by atoms with Gasteiger partial charge < -0.3 is 14.3 Å². The number of hydrazine groups is 1. The molecule has 3 N–H and O–H groups in total. The number of nitrogens with two attached hydrogens (primary N) is 1. The molecule has 0 saturated carbocycles. The standard InChI is InChI=1S/C14H25N4O3P/c1-17(2)9-10-21-22(20,11-14(19)16-15)13-7-5-12(6-8-13)18(3)4/h5-8H,9-11,15H2,1-4H3,(H,16,19). The second-order valence-electron chi connectivity index (χ2n) is 5.45. The lowest BCUT2D eigenvalue weighted by molar-refractivity contribution is -0.118. The Labute approximate surface area is 131 Å². The summed E-state index contributed by atoms with van der Waals surface area (Å²) in [7, 11) is 4.34. The average molecular weight is 328 g/mol. The molecule has 8 heteroatoms. The molecule has 0 saturated heterocycles. The van der Waals surface area contributed by atoms with Crippen molar-refractivity contribution in [1.82, 2.24) is 10.3 Å². The highest BCUT2D eigenvalue weighted by Crippen LogP contribution is 2.45. The van der Waals surface area contributed by atoms with Crippen molar-refractivity contribution in [3.8, 4) is 0 Å². The van der Waals surface area contributed by atoms with Crippen molar-refractivity contribution in [2.24, 2.45) is 5.84 Å². The molecule has 0 spiro atoms. The molecular weight excluding hydrogens is 303 g/mol. The summed E-state index contributed by atoms with van der Waals surface area (Å²) in [5.41, 5.74) is 2.99. The lowest BCUT2D eigenvalue weighted by Crippen LogP contribution is -2.34. The topological polar surface area (TPSA) is 87.9 Å². The second kappa shape index (κ2) is 8.29. The van der Waals surface area contributed by atoms with Gasteiger partial charge in [0, 0.05) is 31.6 Å². The smallest absolute Gasteiger partial charge is 0.243 e. The maximum absolute atomic E-state index is 13.1. The van der Waals surface area contributed by atoms with E-state index in [1.165, 1.54) is 0 Å². The molecule has 0 bridgehead atoms. The normalized spacial score (nSPS) is 13.7. The van der Waals surface area contributed by atoms with Crippen LogP contribution in [0.2, 0.25) is 0 Å². The van der Waals surface area contributed by atoms with Gasteiger partial charge in [-0.3, -0.25) is 14.8 Å². The number of likely N-dealkylation sites (N-methyl/N-ethyl adjacent to an activating group) is 1. The molecule has 0 aliphatic rings. The van der Waals surface area contributed by atoms with E-state index < -0.39 is 13.3 Å². The van der Waals surface area contributed by atoms with Gasteiger partial charge in [0.25, 0.3) is 0 Å². The van der Waals surface area contributed by atoms with Crippen LogP contribution < -0.4 is 21.5 Å². The van der Waals surface area contributed by atoms with Gasteiger partial charge in [0.1, 0.15) is 6.16 Å². The maximum atomic E-state index is 13.1. The van der Waals surface area contributed by atoms with Gasteiger partial charge in [0.05, 0.1) is 6.61 Å². The number of rotatable bonds is 8. The highest BCUT2D eigenvalue weighted by Gasteiger charge is 2.29. The SMILES string of the molecule is CN(C)CCOP(=O)(CC(=O)NN)c1ccc(N(C)C)cc1. The number of nitrogens with zero attached hydrogens (tertiary/aromatic N) is 2. The maximum Gasteiger partial charge on any atom is 0.243 e. The Morgan fingerprint density at radius 3 is 2.27 bits per heavy atom. The molecule has 1 aromatic rings. The largest absolute Gasteiger partial charge is 0.378 e. The molecule has 1 unspecified atom stereocenters. The Bertz CT molecular complexity index is 531. The van der Waals surface area contributed by atoms with E-state index in [9.17, 15) is 9.36 Å². The van der Waals surface area contributed by atoms with Crippen LogP contribution in [0, 0.1) is 0 Å². The predicted octanol–water partition coefficient (Wildman–Crippen LogP) is 0.224. The van der Waals surface area contributed by atoms with Gasteiger partial charge in [-0.25, -0.2) is 5.84 Å². The average Bonchev–Trinajstić information content (AvgIpc) is 2.46. The van der Waals surface area contributed by atoms with Crippen molar-refractivity contribution in [2.75, 3.05) is 52.4 Å². The zero-order valence-corrected chi connectivity index (χ0v) is 14.5. The third-order valence-electron chi connectivity index (χ3n) is 3.11. The van der Waals surface area contributed by atoms with Crippen LogP contribution >= 0.6 is 7.37 Å². The fourth-order valence-corrected chi connectivity index (χ4v) is 3.67. The predicted molar refractivity (Wildman–Crippen MR) is 89.7 cm³/mol. The number of amides is 1. The first-order valence-electron chi connectivity index (χ1n) is 6.94. The van der Waals surface area contributed by atoms with Crippen LogP contribution in [0.1, 0.15) is 0 Å². The van der Waals surface area contributed by atoms with E-state index in [0.29, 0.717) is 11.8 Å². The van der Waals surface area contributed by atoms with Crippen molar-refractivity contribution in [2.45, 2.75) is 0 Å². The van der Waals surface area contributed by atoms with Gasteiger partial charge in [-0.1, -0.05) is 0 Å². The first-order valence-corrected chi connectivity index (χ1v) is 8.75. The zero-order valence-electron chi connectivity index (χ0n) is 13.6. The number of anilines is 1. The Hall–Kier alpha value is -1.40. The van der Waals surface area contributed by atoms with E-state index in [2.05, 4.69) is 0 Å². The Balaban J connectivity index is 2.97. The minimum atomic E-state index is -3.29. The third kappa shape index (κ3) is 5.42. The molecule has 0 heterocycles. The number of benzene rings is 1. The molecule has 22 heavy (non-hydrogen) atoms. The number of carbonyl (C=O) groups is 1. The lowest BCUT2D eigenvalue weighted by atomic mass is 10.3. The summed E-state index contributed by atoms with van der Waals surface area (Å²) in [6, 6.07) is 7.15. The van der Waals surface area contributed by atoms with E-state index in [0.717, 1.165) is 5.69 Å². The van der Waals surface area contributed by atoms with Crippen LogP contribution in [0.3, 0.4) is 0 Å². The minimum Gasteiger partial charge on any atom is -0.378 e. The van der Waals surface area contributed by atoms with Crippen LogP contribution in [0.15, 0.2) is 24.3 Å². The van der Waals surface area contributed by atoms with Gasteiger partial charge >= 0.3 is 0 Å². The molecule has 0 aliphatic carbocycles. The molecule has 1 amide bonds. The Morgan fingerprint density at radius 2 is 1.82 bits per heavy atom. The fraction of sp³-hybridized carbons (Fsp3) is 0.500. The van der Waals surface area contributed by atoms with Crippen molar-refractivity contribution >= 4 is 24.3 Å². The summed E-state index contributed by atoms with van der Waals surface area (Å²) in [4.78, 5) is 15.4. The molecule has 7 nitrogen and oxygen atoms in total. The summed E-state index contributed by atoms with van der Waals surface area (Å²) in [6.45, 7) is 0.890. The van der Waals surface area contributed by atoms with Crippen molar-refractivity contribution < 1.29 is 13.9 Å². The first kappa shape index (κ1) is 18.6. The van der Waals surface area contributed by atoms with Gasteiger partial charge in [0.2, 0.25) is 13.3 Å². The number of carbonyl (C=O) groups excluding carboxylic acids is 1. The van der Waals surface area contributed by atoms with E-state index in [1.54, 1.807) is 12.1 Å². The van der Waals surface area contributed by atoms with E-state index >= 15 is 0 Å². The van der Waals surface area contributed by atoms with Crippen molar-refractivity contribution in [1.29, 1.82) is 0 Å². The van der Waals surface area contributed by atoms with Crippen LogP contribution in [-0.4, -0.2) is 58.3 Å². The van der Waals surface area contributed by atoms with E-state index in [1.807, 2.05) is 55.5 Å². The Morgan fingerprint density at radius 1 is 1.23 bits per heavy atom. The summed E-state index contributed by atoms with van der Waals surface area (Å²) in [5.74, 6) is 4.60. The molecule has 0 radical (unpaired) electrons. The van der Waals surface area contributed by atoms with Crippen LogP contribution in [0.5, 0.6) is 0 Å². The summed E-state index contributed by atoms with van der Waals surface area (Å²) < 4.78 is 18.7. The van der Waals surface area contributed by atoms with Crippen LogP contribution in [0.25, 0.3) is 0 Å². The number of hydrogen-bond acceptors (Lipinski definition) is 6. The number of nitrogens with one attached hydrogen (secondary N) is 1. The zero-order chi connectivity index (χ0) is 16.8. The summed E-state index contributed by atoms with van der Waals surface area (Å²) in [5, 5.41) is 0.514. The monoisotopic (exact) mass is 328 g/mol. The summed E-state index contributed by atoms with van der Waals surface area (Å²) >= 11 is 0. The quantitative estimate of drug-likeness (QED) is 0.307. The highest BCUT2D eigenvalue weighted by molar-refractivity contribution is 7.67. The molecule has 124 valence electrons. The van der Waals surface area contributed by atoms with E-state index in [-0.39, 0.29) is 12.8 Å². The van der Waals surface area contributed by atoms with Gasteiger partial charge in [-0.15, -0.1) is 0 Å². The fourth-order valence-electron chi connectivity index (χ4n) is 1.79. The van der Waals surface area contributed by atoms with Crippen LogP contribution in [0.4, 0.5) is 5.69 Å². The summed E-state index contributed by atoms with van der Waals surface area (Å²) in [6.07, 6.45) is -0.266. The second-order valence-corrected chi connectivity index (χ2v) is 7.88. The van der Waals surface area contributed by atoms with Gasteiger partial charge in [0.15, 0.2) is 0 Å². The van der Waals surface area contributed by atoms with Crippen molar-refractivity contribution in [3.05, 3.63) is 24.3 Å². The van der Waals surface area contributed by atoms with Crippen LogP contribution in [-0.2, 0) is 13.9 Å². The van der Waals surface area contributed by atoms with Crippen molar-refractivity contribution in [3.63, 3.8) is 0 Å². The minimum absolute atomic E-state index is 0.266. The van der Waals surface area contributed by atoms with Gasteiger partial charge in [-0.05, 0) is 38.4 Å². The number of hydrogen-bond donors (Lipinski definition) is 2. The highest BCUT2D eigenvalue weighted by atomic mass is 31.2. The molecular formula is C14H25N4O3P. The molecule has 0 aromatic heterocycles. The molecule has 1 atom stereocenters. The van der Waals surface area contributed by atoms with Gasteiger partial charge in [-0.2, -0.15) is 0 Å². The Kier molecular flexibility index (Phi) is 7.03. The molecule has 0 aliphatic heterocycles. The molecule has 0 fully saturated rings. The van der Waals surface area contributed by atoms with E-state index in [4.69, 9.17) is 10.4 Å². The first-order chi connectivity index (χ1) is 10.3. The molecule has 1 aromatic carbocycles. The third-order valence-corrected chi connectivity index (χ3v) is 5.50.